The van der Waals surface area contributed by atoms with Crippen LogP contribution < -0.4 is 5.32 Å². The van der Waals surface area contributed by atoms with Crippen LogP contribution in [0.4, 0.5) is 4.39 Å². The number of rotatable bonds is 7. The van der Waals surface area contributed by atoms with Crippen LogP contribution in [0.5, 0.6) is 0 Å². The van der Waals surface area contributed by atoms with E-state index in [2.05, 4.69) is 19.2 Å². The monoisotopic (exact) mass is 292 g/mol. The van der Waals surface area contributed by atoms with Crippen molar-refractivity contribution < 1.29 is 9.18 Å². The molecule has 0 spiro atoms. The Kier molecular flexibility index (Phi) is 5.74. The van der Waals surface area contributed by atoms with E-state index < -0.39 is 0 Å². The van der Waals surface area contributed by atoms with Crippen LogP contribution in [0.2, 0.25) is 0 Å². The number of amides is 1. The molecule has 0 bridgehead atoms. The molecule has 21 heavy (non-hydrogen) atoms. The molecule has 1 fully saturated rings. The molecule has 1 aliphatic heterocycles. The fourth-order valence-electron chi connectivity index (χ4n) is 2.98. The fraction of sp³-hybridized carbons (Fsp3) is 0.588. The molecule has 2 atom stereocenters. The standard InChI is InChI=1S/C17H25FN2O/c1-3-4-5-6-8-13(2)20-16(21)12-19-17(20)14-9-7-10-15(18)11-14/h7,9-11,13,17,19H,3-6,8,12H2,1-2H3. The summed E-state index contributed by atoms with van der Waals surface area (Å²) in [4.78, 5) is 14.0. The molecule has 0 aromatic heterocycles. The lowest BCUT2D eigenvalue weighted by molar-refractivity contribution is -0.130. The Labute approximate surface area is 126 Å². The van der Waals surface area contributed by atoms with E-state index in [1.807, 2.05) is 11.0 Å². The van der Waals surface area contributed by atoms with Crippen LogP contribution in [0, 0.1) is 5.82 Å². The minimum Gasteiger partial charge on any atom is -0.319 e. The molecule has 1 aliphatic rings. The predicted octanol–water partition coefficient (Wildman–Crippen LogP) is 3.62. The van der Waals surface area contributed by atoms with E-state index >= 15 is 0 Å². The topological polar surface area (TPSA) is 32.3 Å². The minimum atomic E-state index is -0.260. The summed E-state index contributed by atoms with van der Waals surface area (Å²) in [5.74, 6) is -0.156. The first-order chi connectivity index (χ1) is 10.1. The molecule has 0 saturated carbocycles. The highest BCUT2D eigenvalue weighted by atomic mass is 19.1. The van der Waals surface area contributed by atoms with Crippen molar-refractivity contribution in [2.45, 2.75) is 58.2 Å². The van der Waals surface area contributed by atoms with Gasteiger partial charge in [-0.3, -0.25) is 10.1 Å². The molecule has 0 radical (unpaired) electrons. The molecule has 3 nitrogen and oxygen atoms in total. The maximum Gasteiger partial charge on any atom is 0.238 e. The Morgan fingerprint density at radius 1 is 1.38 bits per heavy atom. The van der Waals surface area contributed by atoms with Crippen LogP contribution in [0.25, 0.3) is 0 Å². The maximum atomic E-state index is 13.4. The second-order valence-electron chi connectivity index (χ2n) is 5.84. The van der Waals surface area contributed by atoms with Crippen LogP contribution in [-0.2, 0) is 4.79 Å². The van der Waals surface area contributed by atoms with Crippen molar-refractivity contribution in [2.24, 2.45) is 0 Å². The van der Waals surface area contributed by atoms with E-state index in [1.165, 1.54) is 31.4 Å². The largest absolute Gasteiger partial charge is 0.319 e. The maximum absolute atomic E-state index is 13.4. The van der Waals surface area contributed by atoms with Gasteiger partial charge in [0.2, 0.25) is 5.91 Å². The first-order valence-corrected chi connectivity index (χ1v) is 7.93. The van der Waals surface area contributed by atoms with Gasteiger partial charge in [-0.25, -0.2) is 4.39 Å². The van der Waals surface area contributed by atoms with E-state index in [0.29, 0.717) is 6.54 Å². The number of hydrogen-bond acceptors (Lipinski definition) is 2. The summed E-state index contributed by atoms with van der Waals surface area (Å²) < 4.78 is 13.4. The van der Waals surface area contributed by atoms with E-state index in [4.69, 9.17) is 0 Å². The molecular weight excluding hydrogens is 267 g/mol. The van der Waals surface area contributed by atoms with Crippen molar-refractivity contribution in [1.82, 2.24) is 10.2 Å². The highest BCUT2D eigenvalue weighted by Crippen LogP contribution is 2.27. The Bertz CT molecular complexity index is 478. The Morgan fingerprint density at radius 3 is 2.90 bits per heavy atom. The second kappa shape index (κ2) is 7.55. The van der Waals surface area contributed by atoms with Crippen LogP contribution in [0.3, 0.4) is 0 Å². The number of nitrogens with zero attached hydrogens (tertiary/aromatic N) is 1. The summed E-state index contributed by atoms with van der Waals surface area (Å²) in [6.45, 7) is 4.61. The van der Waals surface area contributed by atoms with Crippen LogP contribution in [-0.4, -0.2) is 23.4 Å². The molecule has 1 heterocycles. The van der Waals surface area contributed by atoms with Gasteiger partial charge in [0.1, 0.15) is 12.0 Å². The fourth-order valence-corrected chi connectivity index (χ4v) is 2.98. The van der Waals surface area contributed by atoms with Gasteiger partial charge in [-0.2, -0.15) is 0 Å². The summed E-state index contributed by atoms with van der Waals surface area (Å²) in [5, 5.41) is 3.19. The van der Waals surface area contributed by atoms with Gasteiger partial charge in [-0.1, -0.05) is 44.7 Å². The third-order valence-electron chi connectivity index (χ3n) is 4.13. The Balaban J connectivity index is 2.02. The second-order valence-corrected chi connectivity index (χ2v) is 5.84. The van der Waals surface area contributed by atoms with Gasteiger partial charge >= 0.3 is 0 Å². The van der Waals surface area contributed by atoms with Crippen molar-refractivity contribution >= 4 is 5.91 Å². The number of benzene rings is 1. The summed E-state index contributed by atoms with van der Waals surface area (Å²) in [6, 6.07) is 6.68. The van der Waals surface area contributed by atoms with E-state index in [9.17, 15) is 9.18 Å². The van der Waals surface area contributed by atoms with Gasteiger partial charge in [0.15, 0.2) is 0 Å². The number of carbonyl (C=O) groups is 1. The molecule has 116 valence electrons. The quantitative estimate of drug-likeness (QED) is 0.779. The van der Waals surface area contributed by atoms with Gasteiger partial charge in [-0.15, -0.1) is 0 Å². The number of carbonyl (C=O) groups excluding carboxylic acids is 1. The number of nitrogens with one attached hydrogen (secondary N) is 1. The average molecular weight is 292 g/mol. The van der Waals surface area contributed by atoms with Gasteiger partial charge in [0.25, 0.3) is 0 Å². The lowest BCUT2D eigenvalue weighted by Crippen LogP contribution is -2.38. The highest BCUT2D eigenvalue weighted by molar-refractivity contribution is 5.81. The zero-order valence-corrected chi connectivity index (χ0v) is 12.9. The summed E-state index contributed by atoms with van der Waals surface area (Å²) in [7, 11) is 0. The first-order valence-electron chi connectivity index (χ1n) is 7.93. The van der Waals surface area contributed by atoms with Crippen molar-refractivity contribution in [2.75, 3.05) is 6.54 Å². The average Bonchev–Trinajstić information content (AvgIpc) is 2.85. The molecular formula is C17H25FN2O. The zero-order chi connectivity index (χ0) is 15.2. The summed E-state index contributed by atoms with van der Waals surface area (Å²) >= 11 is 0. The third kappa shape index (κ3) is 4.03. The van der Waals surface area contributed by atoms with Crippen molar-refractivity contribution in [1.29, 1.82) is 0 Å². The molecule has 2 rings (SSSR count). The first kappa shape index (κ1) is 16.0. The number of unbranched alkanes of at least 4 members (excludes halogenated alkanes) is 3. The molecule has 1 saturated heterocycles. The Morgan fingerprint density at radius 2 is 2.19 bits per heavy atom. The van der Waals surface area contributed by atoms with Gasteiger partial charge in [-0.05, 0) is 31.0 Å². The van der Waals surface area contributed by atoms with E-state index in [-0.39, 0.29) is 23.9 Å². The lowest BCUT2D eigenvalue weighted by Gasteiger charge is -2.31. The van der Waals surface area contributed by atoms with Crippen molar-refractivity contribution in [3.63, 3.8) is 0 Å². The van der Waals surface area contributed by atoms with Gasteiger partial charge in [0.05, 0.1) is 6.54 Å². The number of halogens is 1. The minimum absolute atomic E-state index is 0.104. The zero-order valence-electron chi connectivity index (χ0n) is 12.9. The molecule has 1 aromatic rings. The molecule has 4 heteroatoms. The van der Waals surface area contributed by atoms with Gasteiger partial charge < -0.3 is 4.90 Å². The van der Waals surface area contributed by atoms with Crippen LogP contribution in [0.1, 0.15) is 57.7 Å². The van der Waals surface area contributed by atoms with E-state index in [1.54, 1.807) is 6.07 Å². The van der Waals surface area contributed by atoms with E-state index in [0.717, 1.165) is 18.4 Å². The lowest BCUT2D eigenvalue weighted by atomic mass is 10.1. The molecule has 2 unspecified atom stereocenters. The molecule has 0 aliphatic carbocycles. The molecule has 1 amide bonds. The van der Waals surface area contributed by atoms with Crippen molar-refractivity contribution in [3.8, 4) is 0 Å². The van der Waals surface area contributed by atoms with Crippen LogP contribution >= 0.6 is 0 Å². The number of hydrogen-bond donors (Lipinski definition) is 1. The molecule has 1 N–H and O–H groups in total. The summed E-state index contributed by atoms with van der Waals surface area (Å²) in [6.07, 6.45) is 5.60. The SMILES string of the molecule is CCCCCCC(C)N1C(=O)CNC1c1cccc(F)c1. The predicted molar refractivity (Wildman–Crippen MR) is 82.2 cm³/mol. The highest BCUT2D eigenvalue weighted by Gasteiger charge is 2.34. The van der Waals surface area contributed by atoms with Crippen LogP contribution in [0.15, 0.2) is 24.3 Å². The Hall–Kier alpha value is -1.42. The molecule has 1 aromatic carbocycles. The van der Waals surface area contributed by atoms with Crippen molar-refractivity contribution in [3.05, 3.63) is 35.6 Å². The van der Waals surface area contributed by atoms with Gasteiger partial charge in [0, 0.05) is 6.04 Å². The third-order valence-corrected chi connectivity index (χ3v) is 4.13. The normalized spacial score (nSPS) is 20.0. The smallest absolute Gasteiger partial charge is 0.238 e. The summed E-state index contributed by atoms with van der Waals surface area (Å²) in [5.41, 5.74) is 0.821.